The third kappa shape index (κ3) is 24.3. The maximum Gasteiger partial charge on any atom is 0.315 e. The Morgan fingerprint density at radius 3 is 0.940 bits per heavy atom. The fraction of sp³-hybridized carbons (Fsp3) is 0.917. The van der Waals surface area contributed by atoms with Gasteiger partial charge in [-0.1, -0.05) is 54.4 Å². The summed E-state index contributed by atoms with van der Waals surface area (Å²) in [6, 6.07) is 11.6. The zero-order chi connectivity index (χ0) is 105. The molecule has 0 aromatic carbocycles. The van der Waals surface area contributed by atoms with E-state index in [1.165, 1.54) is 211 Å². The highest BCUT2D eigenvalue weighted by Gasteiger charge is 2.71. The molecule has 27 rings (SSSR count). The van der Waals surface area contributed by atoms with Gasteiger partial charge in [0.25, 0.3) is 0 Å². The minimum Gasteiger partial charge on any atom is -0.465 e. The Bertz CT molecular complexity index is 4110. The van der Waals surface area contributed by atoms with Crippen LogP contribution in [-0.4, -0.2) is 393 Å². The normalized spacial score (nSPS) is 44.2. The van der Waals surface area contributed by atoms with Crippen molar-refractivity contribution in [2.24, 2.45) is 104 Å². The summed E-state index contributed by atoms with van der Waals surface area (Å²) in [7, 11) is 11.2. The lowest BCUT2D eigenvalue weighted by molar-refractivity contribution is -0.153. The molecule has 39 atom stereocenters. The van der Waals surface area contributed by atoms with E-state index in [-0.39, 0.29) is 214 Å². The molecule has 21 saturated heterocycles. The summed E-state index contributed by atoms with van der Waals surface area (Å²) in [5.41, 5.74) is -0.847. The molecule has 6 aliphatic carbocycles. The highest BCUT2D eigenvalue weighted by Crippen LogP contribution is 2.65. The van der Waals surface area contributed by atoms with Gasteiger partial charge >= 0.3 is 53.7 Å². The average molecular weight is 2260 g/mol. The number of rotatable bonds is 36. The smallest absolute Gasteiger partial charge is 0.315 e. The first kappa shape index (κ1) is 115. The molecule has 0 aromatic rings. The number of cyclic esters (lactones) is 9. The van der Waals surface area contributed by atoms with Crippen molar-refractivity contribution in [2.75, 3.05) is 119 Å². The minimum absolute atomic E-state index is 0.0101. The number of hydrogen-bond acceptors (Lipinski definition) is 33. The Balaban J connectivity index is 0.000000106. The molecular formula is C108H180O33Si9. The van der Waals surface area contributed by atoms with Crippen LogP contribution in [0.1, 0.15) is 212 Å². The first-order chi connectivity index (χ1) is 72.9. The summed E-state index contributed by atoms with van der Waals surface area (Å²) >= 11 is 0. The van der Waals surface area contributed by atoms with Crippen molar-refractivity contribution in [2.45, 2.75) is 394 Å². The van der Waals surface area contributed by atoms with Crippen LogP contribution >= 0.6 is 0 Å². The van der Waals surface area contributed by atoms with Crippen LogP contribution in [0, 0.1) is 104 Å². The third-order valence-corrected chi connectivity index (χ3v) is 46.0. The van der Waals surface area contributed by atoms with Gasteiger partial charge < -0.3 is 114 Å². The van der Waals surface area contributed by atoms with Crippen molar-refractivity contribution < 1.29 is 157 Å². The summed E-state index contributed by atoms with van der Waals surface area (Å²) < 4.78 is 135. The standard InChI is InChI=1S/2C13H22O3Si.4C12H20O4Si.C12H20O3Si.2C11H18O4Si/c14-12-13(2-4-16-12)8-9-6-10(13)11(7-9)15-3-1-5-17;14-12-7-13(8-16-12)6-9-4-10(13)11(5-9)15-2-1-3-17;2*13-11-12(2-4-15-11)7-8-6-9(10(12)16-8)14-3-1-5-17;2*13-10-6-12(7-15-10)5-8-4-9(11(12)16-8)14-2-1-3-17;13-12-11-8-4-7(9(11)6-15-12)5-10(8)14-2-1-3-16;2*12-11-9-6(5-14-11)7-4-8(10(9)15-7)13-2-1-3-16/h2*9-11H,1-8H2,17H3;2*8-10H,1-7H2,17H3;2*8-9,11H,1-7H2,17H3;7-11H,1-6H2,16H3;2*6-10H,1-5H2,16H3. The number of carbonyl (C=O) groups is 9. The van der Waals surface area contributed by atoms with Gasteiger partial charge in [-0.2, -0.15) is 0 Å². The van der Waals surface area contributed by atoms with E-state index in [9.17, 15) is 43.2 Å². The Morgan fingerprint density at radius 2 is 0.587 bits per heavy atom. The van der Waals surface area contributed by atoms with E-state index in [1.807, 2.05) is 0 Å². The molecule has 0 radical (unpaired) electrons. The minimum atomic E-state index is -0.367. The maximum absolute atomic E-state index is 12.0. The second kappa shape index (κ2) is 51.7. The van der Waals surface area contributed by atoms with Crippen LogP contribution in [0.5, 0.6) is 0 Å². The second-order valence-electron chi connectivity index (χ2n) is 49.5. The molecule has 27 fully saturated rings. The van der Waals surface area contributed by atoms with Gasteiger partial charge in [0.1, 0.15) is 36.3 Å². The van der Waals surface area contributed by atoms with Crippen molar-refractivity contribution in [1.29, 1.82) is 0 Å². The topological polar surface area (TPSA) is 375 Å². The van der Waals surface area contributed by atoms with E-state index in [4.69, 9.17) is 114 Å². The van der Waals surface area contributed by atoms with Gasteiger partial charge in [-0.15, -0.1) is 0 Å². The lowest BCUT2D eigenvalue weighted by atomic mass is 9.71. The zero-order valence-electron chi connectivity index (χ0n) is 91.5. The van der Waals surface area contributed by atoms with E-state index < -0.39 is 0 Å². The van der Waals surface area contributed by atoms with E-state index in [2.05, 4.69) is 0 Å². The molecule has 150 heavy (non-hydrogen) atoms. The molecule has 27 aliphatic rings. The van der Waals surface area contributed by atoms with Gasteiger partial charge in [0.15, 0.2) is 0 Å². The van der Waals surface area contributed by atoms with Gasteiger partial charge in [-0.25, -0.2) is 0 Å². The molecule has 846 valence electrons. The maximum atomic E-state index is 12.0. The molecule has 33 nitrogen and oxygen atoms in total. The van der Waals surface area contributed by atoms with Gasteiger partial charge in [0, 0.05) is 243 Å². The molecule has 0 aromatic heterocycles. The summed E-state index contributed by atoms with van der Waals surface area (Å²) in [6.07, 6.45) is 37.1. The SMILES string of the molecule is O=C1CC2(CO1)CC1CC(OCCC[SiH3])C2C1.O=C1CC2(CO1)CC1CC(OCCC[SiH3])C2O1.O=C1CC2(CO1)CC1CC(OCCC[SiH3])C2O1.O=C1OCC2C3CC(OCCC[SiH3])C(C3)C12.O=C1OCC2C3CC(OCCC[SiH3])C(O3)C12.O=C1OCC2C3CC(OCCC[SiH3])C(O3)C12.O=C1OCCC12CC1CC(OCCC[SiH3])C2C1.O=C1OCCC12CC1CC(OCCC[SiH3])C2O1.O=C1OCCC12CC1CC(OCCC[SiH3])C2O1. The molecular weight excluding hydrogens is 2080 g/mol. The van der Waals surface area contributed by atoms with Crippen molar-refractivity contribution >= 4 is 146 Å². The molecule has 21 aliphatic heterocycles. The zero-order valence-corrected chi connectivity index (χ0v) is 109. The number of ether oxygens (including phenoxy) is 24. The van der Waals surface area contributed by atoms with Gasteiger partial charge in [-0.3, -0.25) is 43.2 Å². The molecule has 18 bridgehead atoms. The summed E-state index contributed by atoms with van der Waals surface area (Å²) in [5.74, 6) is 4.67. The Hall–Kier alpha value is -3.42. The number of fused-ring (bicyclic) bond motifs is 33. The van der Waals surface area contributed by atoms with E-state index in [0.29, 0.717) is 144 Å². The van der Waals surface area contributed by atoms with Crippen LogP contribution in [-0.2, 0) is 157 Å². The van der Waals surface area contributed by atoms with Gasteiger partial charge in [0.05, 0.1) is 205 Å². The van der Waals surface area contributed by atoms with Crippen LogP contribution < -0.4 is 0 Å². The number of esters is 9. The lowest BCUT2D eigenvalue weighted by Gasteiger charge is -2.36. The van der Waals surface area contributed by atoms with E-state index >= 15 is 0 Å². The largest absolute Gasteiger partial charge is 0.465 e. The number of carbonyl (C=O) groups excluding carboxylic acids is 9. The number of hydrogen-bond donors (Lipinski definition) is 0. The summed E-state index contributed by atoms with van der Waals surface area (Å²) in [5, 5.41) is 0. The third-order valence-electron chi connectivity index (χ3n) is 39.7. The van der Waals surface area contributed by atoms with Gasteiger partial charge in [0.2, 0.25) is 0 Å². The Morgan fingerprint density at radius 1 is 0.260 bits per heavy atom. The first-order valence-electron chi connectivity index (χ1n) is 59.9. The van der Waals surface area contributed by atoms with Crippen LogP contribution in [0.3, 0.4) is 0 Å². The molecule has 0 amide bonds. The van der Waals surface area contributed by atoms with Crippen molar-refractivity contribution in [3.05, 3.63) is 0 Å². The molecule has 6 saturated carbocycles. The monoisotopic (exact) mass is 2260 g/mol. The fourth-order valence-corrected chi connectivity index (χ4v) is 34.7. The Kier molecular flexibility index (Phi) is 39.5. The molecule has 39 unspecified atom stereocenters. The first-order valence-corrected chi connectivity index (χ1v) is 72.6. The van der Waals surface area contributed by atoms with Crippen LogP contribution in [0.25, 0.3) is 0 Å². The second-order valence-corrected chi connectivity index (χ2v) is 58.5. The van der Waals surface area contributed by atoms with E-state index in [0.717, 1.165) is 194 Å². The molecule has 21 heterocycles. The van der Waals surface area contributed by atoms with Crippen molar-refractivity contribution in [3.63, 3.8) is 0 Å². The predicted octanol–water partition coefficient (Wildman–Crippen LogP) is 1.36. The highest BCUT2D eigenvalue weighted by atomic mass is 28.2. The lowest BCUT2D eigenvalue weighted by Crippen LogP contribution is -2.45. The summed E-state index contributed by atoms with van der Waals surface area (Å²) in [4.78, 5) is 105. The summed E-state index contributed by atoms with van der Waals surface area (Å²) in [6.45, 7) is 12.9. The predicted molar refractivity (Wildman–Crippen MR) is 580 cm³/mol. The highest BCUT2D eigenvalue weighted by molar-refractivity contribution is 6.10. The van der Waals surface area contributed by atoms with Crippen LogP contribution in [0.15, 0.2) is 0 Å². The molecule has 42 heteroatoms. The fourth-order valence-electron chi connectivity index (χ4n) is 32.1. The van der Waals surface area contributed by atoms with Gasteiger partial charge in [-0.05, 0) is 171 Å². The van der Waals surface area contributed by atoms with Crippen molar-refractivity contribution in [3.8, 4) is 0 Å². The van der Waals surface area contributed by atoms with E-state index in [1.54, 1.807) is 0 Å². The Labute approximate surface area is 913 Å². The molecule has 6 spiro atoms. The molecule has 0 N–H and O–H groups in total. The van der Waals surface area contributed by atoms with Crippen LogP contribution in [0.2, 0.25) is 54.4 Å². The van der Waals surface area contributed by atoms with Crippen LogP contribution in [0.4, 0.5) is 0 Å². The average Bonchev–Trinajstić information content (AvgIpc) is 1.57. The quantitative estimate of drug-likeness (QED) is 0.0370. The van der Waals surface area contributed by atoms with Crippen molar-refractivity contribution in [1.82, 2.24) is 0 Å².